The minimum atomic E-state index is -0.135. The van der Waals surface area contributed by atoms with Crippen molar-refractivity contribution in [3.8, 4) is 17.6 Å². The third-order valence-electron chi connectivity index (χ3n) is 2.34. The molecule has 0 unspecified atom stereocenters. The summed E-state index contributed by atoms with van der Waals surface area (Å²) < 4.78 is 0. The van der Waals surface area contributed by atoms with Crippen LogP contribution in [0.5, 0.6) is 11.5 Å². The van der Waals surface area contributed by atoms with Gasteiger partial charge >= 0.3 is 0 Å². The minimum absolute atomic E-state index is 0.0470. The molecule has 0 spiro atoms. The summed E-state index contributed by atoms with van der Waals surface area (Å²) in [4.78, 5) is 0. The lowest BCUT2D eigenvalue weighted by Gasteiger charge is -2.05. The molecule has 0 saturated carbocycles. The van der Waals surface area contributed by atoms with E-state index in [0.717, 1.165) is 31.2 Å². The summed E-state index contributed by atoms with van der Waals surface area (Å²) in [6.07, 6.45) is 4.11. The average Bonchev–Trinajstić information content (AvgIpc) is 2.18. The molecule has 2 N–H and O–H groups in total. The lowest BCUT2D eigenvalue weighted by Crippen LogP contribution is -1.88. The Balaban J connectivity index is 2.81. The van der Waals surface area contributed by atoms with Gasteiger partial charge in [-0.2, -0.15) is 5.26 Å². The van der Waals surface area contributed by atoms with E-state index in [2.05, 4.69) is 6.92 Å². The summed E-state index contributed by atoms with van der Waals surface area (Å²) in [6.45, 7) is 2.12. The Morgan fingerprint density at radius 3 is 2.27 bits per heavy atom. The Kier molecular flexibility index (Phi) is 3.99. The van der Waals surface area contributed by atoms with E-state index >= 15 is 0 Å². The third-order valence-corrected chi connectivity index (χ3v) is 2.34. The van der Waals surface area contributed by atoms with Crippen molar-refractivity contribution in [3.05, 3.63) is 23.3 Å². The standard InChI is InChI=1S/C12H15NO2/c1-2-3-4-5-9-6-11(14)10(8-13)12(15)7-9/h6-7,14-15H,2-5H2,1H3. The minimum Gasteiger partial charge on any atom is -0.506 e. The van der Waals surface area contributed by atoms with Crippen LogP contribution in [0.1, 0.15) is 37.3 Å². The number of hydrogen-bond donors (Lipinski definition) is 2. The highest BCUT2D eigenvalue weighted by atomic mass is 16.3. The third kappa shape index (κ3) is 2.88. The number of unbranched alkanes of at least 4 members (excludes halogenated alkanes) is 2. The fraction of sp³-hybridized carbons (Fsp3) is 0.417. The van der Waals surface area contributed by atoms with Gasteiger partial charge in [-0.25, -0.2) is 0 Å². The summed E-state index contributed by atoms with van der Waals surface area (Å²) in [7, 11) is 0. The largest absolute Gasteiger partial charge is 0.506 e. The second-order valence-corrected chi connectivity index (χ2v) is 3.58. The van der Waals surface area contributed by atoms with Gasteiger partial charge in [0.25, 0.3) is 0 Å². The summed E-state index contributed by atoms with van der Waals surface area (Å²) in [5.41, 5.74) is 0.826. The van der Waals surface area contributed by atoms with Crippen molar-refractivity contribution < 1.29 is 10.2 Å². The van der Waals surface area contributed by atoms with Crippen LogP contribution in [-0.4, -0.2) is 10.2 Å². The molecular weight excluding hydrogens is 190 g/mol. The summed E-state index contributed by atoms with van der Waals surface area (Å²) in [5.74, 6) is -0.270. The van der Waals surface area contributed by atoms with Crippen molar-refractivity contribution in [3.63, 3.8) is 0 Å². The smallest absolute Gasteiger partial charge is 0.137 e. The molecule has 0 aliphatic carbocycles. The molecule has 0 bridgehead atoms. The maximum absolute atomic E-state index is 9.45. The molecule has 0 fully saturated rings. The summed E-state index contributed by atoms with van der Waals surface area (Å²) in [5, 5.41) is 27.5. The van der Waals surface area contributed by atoms with Gasteiger partial charge in [0, 0.05) is 0 Å². The maximum Gasteiger partial charge on any atom is 0.137 e. The van der Waals surface area contributed by atoms with E-state index < -0.39 is 0 Å². The van der Waals surface area contributed by atoms with Crippen molar-refractivity contribution >= 4 is 0 Å². The molecule has 80 valence electrons. The number of aromatic hydroxyl groups is 2. The van der Waals surface area contributed by atoms with Crippen LogP contribution in [0, 0.1) is 11.3 Å². The van der Waals surface area contributed by atoms with E-state index in [4.69, 9.17) is 5.26 Å². The SMILES string of the molecule is CCCCCc1cc(O)c(C#N)c(O)c1. The summed E-state index contributed by atoms with van der Waals surface area (Å²) in [6, 6.07) is 4.86. The topological polar surface area (TPSA) is 64.2 Å². The first-order valence-corrected chi connectivity index (χ1v) is 5.14. The Morgan fingerprint density at radius 2 is 1.80 bits per heavy atom. The first kappa shape index (κ1) is 11.4. The van der Waals surface area contributed by atoms with Crippen molar-refractivity contribution in [2.75, 3.05) is 0 Å². The summed E-state index contributed by atoms with van der Waals surface area (Å²) >= 11 is 0. The molecule has 1 rings (SSSR count). The average molecular weight is 205 g/mol. The predicted octanol–water partition coefficient (Wildman–Crippen LogP) is 2.70. The monoisotopic (exact) mass is 205 g/mol. The zero-order chi connectivity index (χ0) is 11.3. The highest BCUT2D eigenvalue weighted by molar-refractivity contribution is 5.53. The number of phenolic OH excluding ortho intramolecular Hbond substituents is 2. The van der Waals surface area contributed by atoms with Crippen molar-refractivity contribution in [1.29, 1.82) is 5.26 Å². The molecule has 0 radical (unpaired) electrons. The fourth-order valence-corrected chi connectivity index (χ4v) is 1.51. The first-order chi connectivity index (χ1) is 7.19. The van der Waals surface area contributed by atoms with E-state index in [1.165, 1.54) is 0 Å². The van der Waals surface area contributed by atoms with E-state index in [0.29, 0.717) is 0 Å². The van der Waals surface area contributed by atoms with Crippen LogP contribution in [0.25, 0.3) is 0 Å². The lowest BCUT2D eigenvalue weighted by atomic mass is 10.0. The number of phenols is 2. The van der Waals surface area contributed by atoms with Crippen molar-refractivity contribution in [2.24, 2.45) is 0 Å². The molecule has 0 heterocycles. The molecule has 1 aromatic rings. The van der Waals surface area contributed by atoms with Crippen molar-refractivity contribution in [2.45, 2.75) is 32.6 Å². The van der Waals surface area contributed by atoms with Gasteiger partial charge in [-0.1, -0.05) is 19.8 Å². The van der Waals surface area contributed by atoms with Gasteiger partial charge in [0.15, 0.2) is 0 Å². The Hall–Kier alpha value is -1.69. The van der Waals surface area contributed by atoms with Crippen LogP contribution in [0.3, 0.4) is 0 Å². The van der Waals surface area contributed by atoms with Crippen LogP contribution in [0.2, 0.25) is 0 Å². The van der Waals surface area contributed by atoms with Crippen LogP contribution >= 0.6 is 0 Å². The van der Waals surface area contributed by atoms with Crippen LogP contribution in [-0.2, 0) is 6.42 Å². The lowest BCUT2D eigenvalue weighted by molar-refractivity contribution is 0.446. The molecule has 0 aromatic heterocycles. The van der Waals surface area contributed by atoms with Crippen LogP contribution in [0.15, 0.2) is 12.1 Å². The zero-order valence-corrected chi connectivity index (χ0v) is 8.82. The number of benzene rings is 1. The second-order valence-electron chi connectivity index (χ2n) is 3.58. The quantitative estimate of drug-likeness (QED) is 0.743. The van der Waals surface area contributed by atoms with Gasteiger partial charge in [-0.15, -0.1) is 0 Å². The van der Waals surface area contributed by atoms with Gasteiger partial charge in [-0.05, 0) is 30.5 Å². The molecule has 0 atom stereocenters. The van der Waals surface area contributed by atoms with E-state index in [-0.39, 0.29) is 17.1 Å². The number of nitriles is 1. The van der Waals surface area contributed by atoms with Crippen molar-refractivity contribution in [1.82, 2.24) is 0 Å². The fourth-order valence-electron chi connectivity index (χ4n) is 1.51. The number of hydrogen-bond acceptors (Lipinski definition) is 3. The Labute approximate surface area is 89.6 Å². The van der Waals surface area contributed by atoms with Gasteiger partial charge < -0.3 is 10.2 Å². The molecule has 0 saturated heterocycles. The molecule has 3 nitrogen and oxygen atoms in total. The highest BCUT2D eigenvalue weighted by Gasteiger charge is 2.08. The highest BCUT2D eigenvalue weighted by Crippen LogP contribution is 2.28. The van der Waals surface area contributed by atoms with Gasteiger partial charge in [0.05, 0.1) is 0 Å². The van der Waals surface area contributed by atoms with Crippen LogP contribution < -0.4 is 0 Å². The number of nitrogens with zero attached hydrogens (tertiary/aromatic N) is 1. The van der Waals surface area contributed by atoms with Gasteiger partial charge in [0.1, 0.15) is 23.1 Å². The predicted molar refractivity (Wildman–Crippen MR) is 57.7 cm³/mol. The van der Waals surface area contributed by atoms with Gasteiger partial charge in [0.2, 0.25) is 0 Å². The molecule has 0 aliphatic rings. The van der Waals surface area contributed by atoms with E-state index in [1.807, 2.05) is 0 Å². The zero-order valence-electron chi connectivity index (χ0n) is 8.82. The maximum atomic E-state index is 9.45. The Morgan fingerprint density at radius 1 is 1.20 bits per heavy atom. The Bertz CT molecular complexity index is 357. The molecular formula is C12H15NO2. The second kappa shape index (κ2) is 5.26. The van der Waals surface area contributed by atoms with E-state index in [9.17, 15) is 10.2 Å². The number of rotatable bonds is 4. The normalized spacial score (nSPS) is 9.87. The molecule has 3 heteroatoms. The molecule has 0 aliphatic heterocycles. The first-order valence-electron chi connectivity index (χ1n) is 5.14. The molecule has 1 aromatic carbocycles. The number of aryl methyl sites for hydroxylation is 1. The van der Waals surface area contributed by atoms with Crippen LogP contribution in [0.4, 0.5) is 0 Å². The molecule has 15 heavy (non-hydrogen) atoms. The van der Waals surface area contributed by atoms with Gasteiger partial charge in [-0.3, -0.25) is 0 Å². The molecule has 0 amide bonds. The van der Waals surface area contributed by atoms with E-state index in [1.54, 1.807) is 18.2 Å².